The minimum Gasteiger partial charge on any atom is -0.286 e. The first kappa shape index (κ1) is 11.7. The first-order chi connectivity index (χ1) is 8.49. The second-order valence-electron chi connectivity index (χ2n) is 3.46. The molecule has 10 heteroatoms. The molecule has 0 amide bonds. The maximum absolute atomic E-state index is 11.5. The Labute approximate surface area is 98.7 Å². The van der Waals surface area contributed by atoms with Crippen molar-refractivity contribution in [3.05, 3.63) is 49.3 Å². The van der Waals surface area contributed by atoms with Crippen molar-refractivity contribution >= 4 is 5.69 Å². The van der Waals surface area contributed by atoms with Crippen molar-refractivity contribution in [2.24, 2.45) is 7.05 Å². The molecule has 0 radical (unpaired) electrons. The van der Waals surface area contributed by atoms with Gasteiger partial charge in [0.15, 0.2) is 0 Å². The third-order valence-electron chi connectivity index (χ3n) is 2.31. The van der Waals surface area contributed by atoms with Gasteiger partial charge in [-0.25, -0.2) is 9.78 Å². The topological polar surface area (TPSA) is 129 Å². The number of nitrogens with one attached hydrogen (secondary N) is 1. The Kier molecular flexibility index (Phi) is 2.75. The predicted octanol–water partition coefficient (Wildman–Crippen LogP) is -1.38. The SMILES string of the molecule is Cn1ncnc1Cn1cc([N+](=O)[O-])c(=O)[nH]c1=O. The van der Waals surface area contributed by atoms with Crippen molar-refractivity contribution in [1.82, 2.24) is 24.3 Å². The van der Waals surface area contributed by atoms with Crippen LogP contribution in [-0.4, -0.2) is 29.2 Å². The maximum Gasteiger partial charge on any atom is 0.350 e. The molecule has 18 heavy (non-hydrogen) atoms. The molecule has 0 saturated heterocycles. The first-order valence-electron chi connectivity index (χ1n) is 4.80. The van der Waals surface area contributed by atoms with E-state index in [0.717, 1.165) is 10.8 Å². The lowest BCUT2D eigenvalue weighted by molar-refractivity contribution is -0.386. The van der Waals surface area contributed by atoms with Crippen molar-refractivity contribution in [2.45, 2.75) is 6.54 Å². The lowest BCUT2D eigenvalue weighted by Crippen LogP contribution is -2.31. The molecule has 2 heterocycles. The number of nitro groups is 1. The Balaban J connectivity index is 2.49. The van der Waals surface area contributed by atoms with Crippen LogP contribution < -0.4 is 11.2 Å². The molecule has 0 unspecified atom stereocenters. The third kappa shape index (κ3) is 2.03. The monoisotopic (exact) mass is 252 g/mol. The first-order valence-corrected chi connectivity index (χ1v) is 4.80. The molecule has 0 aliphatic carbocycles. The van der Waals surface area contributed by atoms with Crippen LogP contribution in [-0.2, 0) is 13.6 Å². The van der Waals surface area contributed by atoms with Gasteiger partial charge in [0.1, 0.15) is 12.2 Å². The molecular formula is C8H8N6O4. The number of aromatic amines is 1. The summed E-state index contributed by atoms with van der Waals surface area (Å²) in [4.78, 5) is 38.1. The van der Waals surface area contributed by atoms with Gasteiger partial charge in [-0.3, -0.25) is 29.1 Å². The van der Waals surface area contributed by atoms with Crippen LogP contribution in [0.15, 0.2) is 22.1 Å². The molecule has 0 saturated carbocycles. The summed E-state index contributed by atoms with van der Waals surface area (Å²) in [5.74, 6) is 0.429. The number of hydrogen-bond donors (Lipinski definition) is 1. The molecule has 0 aromatic carbocycles. The fourth-order valence-corrected chi connectivity index (χ4v) is 1.36. The number of nitrogens with zero attached hydrogens (tertiary/aromatic N) is 5. The largest absolute Gasteiger partial charge is 0.350 e. The van der Waals surface area contributed by atoms with Gasteiger partial charge in [-0.1, -0.05) is 0 Å². The molecule has 0 bridgehead atoms. The van der Waals surface area contributed by atoms with Crippen LogP contribution >= 0.6 is 0 Å². The van der Waals surface area contributed by atoms with Gasteiger partial charge in [-0.2, -0.15) is 5.10 Å². The van der Waals surface area contributed by atoms with Crippen molar-refractivity contribution < 1.29 is 4.92 Å². The smallest absolute Gasteiger partial charge is 0.286 e. The summed E-state index contributed by atoms with van der Waals surface area (Å²) in [6.45, 7) is -0.0209. The van der Waals surface area contributed by atoms with E-state index >= 15 is 0 Å². The summed E-state index contributed by atoms with van der Waals surface area (Å²) in [7, 11) is 1.62. The molecule has 1 N–H and O–H groups in total. The van der Waals surface area contributed by atoms with Crippen LogP contribution in [0.2, 0.25) is 0 Å². The van der Waals surface area contributed by atoms with E-state index in [0.29, 0.717) is 5.82 Å². The van der Waals surface area contributed by atoms with Crippen molar-refractivity contribution in [1.29, 1.82) is 0 Å². The lowest BCUT2D eigenvalue weighted by Gasteiger charge is -2.03. The van der Waals surface area contributed by atoms with Crippen molar-refractivity contribution in [3.63, 3.8) is 0 Å². The Morgan fingerprint density at radius 1 is 1.50 bits per heavy atom. The summed E-state index contributed by atoms with van der Waals surface area (Å²) in [5, 5.41) is 14.4. The molecule has 2 aromatic heterocycles. The fraction of sp³-hybridized carbons (Fsp3) is 0.250. The molecule has 94 valence electrons. The number of H-pyrrole nitrogens is 1. The van der Waals surface area contributed by atoms with E-state index in [-0.39, 0.29) is 6.54 Å². The van der Waals surface area contributed by atoms with Crippen molar-refractivity contribution in [2.75, 3.05) is 0 Å². The summed E-state index contributed by atoms with van der Waals surface area (Å²) in [6.07, 6.45) is 2.18. The van der Waals surface area contributed by atoms with Gasteiger partial charge in [0.2, 0.25) is 0 Å². The van der Waals surface area contributed by atoms with Crippen LogP contribution in [0.1, 0.15) is 5.82 Å². The van der Waals surface area contributed by atoms with E-state index in [1.54, 1.807) is 7.05 Å². The Bertz CT molecular complexity index is 711. The highest BCUT2D eigenvalue weighted by atomic mass is 16.6. The summed E-state index contributed by atoms with van der Waals surface area (Å²) in [6, 6.07) is 0. The van der Waals surface area contributed by atoms with Crippen LogP contribution in [0, 0.1) is 10.1 Å². The summed E-state index contributed by atoms with van der Waals surface area (Å²) in [5.41, 5.74) is -2.47. The predicted molar refractivity (Wildman–Crippen MR) is 58.1 cm³/mol. The minimum absolute atomic E-state index is 0.0209. The number of hydrogen-bond acceptors (Lipinski definition) is 6. The minimum atomic E-state index is -1.03. The van der Waals surface area contributed by atoms with Gasteiger partial charge < -0.3 is 0 Å². The van der Waals surface area contributed by atoms with Gasteiger partial charge >= 0.3 is 16.9 Å². The van der Waals surface area contributed by atoms with E-state index in [1.165, 1.54) is 11.0 Å². The number of rotatable bonds is 3. The highest BCUT2D eigenvalue weighted by Crippen LogP contribution is 2.01. The zero-order valence-corrected chi connectivity index (χ0v) is 9.23. The van der Waals surface area contributed by atoms with Gasteiger partial charge in [0, 0.05) is 7.05 Å². The molecule has 2 rings (SSSR count). The molecule has 0 aliphatic rings. The molecule has 0 atom stereocenters. The number of aromatic nitrogens is 5. The fourth-order valence-electron chi connectivity index (χ4n) is 1.36. The van der Waals surface area contributed by atoms with Gasteiger partial charge in [-0.15, -0.1) is 0 Å². The molecule has 10 nitrogen and oxygen atoms in total. The highest BCUT2D eigenvalue weighted by Gasteiger charge is 2.15. The second-order valence-corrected chi connectivity index (χ2v) is 3.46. The molecule has 0 spiro atoms. The third-order valence-corrected chi connectivity index (χ3v) is 2.31. The van der Waals surface area contributed by atoms with E-state index < -0.39 is 21.9 Å². The van der Waals surface area contributed by atoms with E-state index in [9.17, 15) is 19.7 Å². The Morgan fingerprint density at radius 3 is 2.78 bits per heavy atom. The molecule has 2 aromatic rings. The maximum atomic E-state index is 11.5. The zero-order chi connectivity index (χ0) is 13.3. The average molecular weight is 252 g/mol. The van der Waals surface area contributed by atoms with E-state index in [1.807, 2.05) is 4.98 Å². The van der Waals surface area contributed by atoms with E-state index in [2.05, 4.69) is 10.1 Å². The van der Waals surface area contributed by atoms with Gasteiger partial charge in [0.05, 0.1) is 17.7 Å². The summed E-state index contributed by atoms with van der Waals surface area (Å²) < 4.78 is 2.41. The quantitative estimate of drug-likeness (QED) is 0.529. The average Bonchev–Trinajstić information content (AvgIpc) is 2.67. The van der Waals surface area contributed by atoms with Gasteiger partial charge in [0.25, 0.3) is 0 Å². The molecular weight excluding hydrogens is 244 g/mol. The molecule has 0 aliphatic heterocycles. The van der Waals surface area contributed by atoms with Crippen molar-refractivity contribution in [3.8, 4) is 0 Å². The molecule has 0 fully saturated rings. The van der Waals surface area contributed by atoms with Crippen LogP contribution in [0.5, 0.6) is 0 Å². The van der Waals surface area contributed by atoms with Crippen LogP contribution in [0.4, 0.5) is 5.69 Å². The zero-order valence-electron chi connectivity index (χ0n) is 9.23. The Hall–Kier alpha value is -2.78. The van der Waals surface area contributed by atoms with E-state index in [4.69, 9.17) is 0 Å². The second kappa shape index (κ2) is 4.24. The number of aryl methyl sites for hydroxylation is 1. The normalized spacial score (nSPS) is 10.5. The van der Waals surface area contributed by atoms with Gasteiger partial charge in [-0.05, 0) is 0 Å². The standard InChI is InChI=1S/C8H8N6O4/c1-12-6(9-4-10-12)3-13-2-5(14(17)18)7(15)11-8(13)16/h2,4H,3H2,1H3,(H,11,15,16). The lowest BCUT2D eigenvalue weighted by atomic mass is 10.5. The summed E-state index contributed by atoms with van der Waals surface area (Å²) >= 11 is 0. The van der Waals surface area contributed by atoms with Crippen LogP contribution in [0.3, 0.4) is 0 Å². The highest BCUT2D eigenvalue weighted by molar-refractivity contribution is 5.21. The Morgan fingerprint density at radius 2 is 2.22 bits per heavy atom. The van der Waals surface area contributed by atoms with Crippen LogP contribution in [0.25, 0.3) is 0 Å².